The summed E-state index contributed by atoms with van der Waals surface area (Å²) in [5, 5.41) is 0.817. The molecular weight excluding hydrogens is 431 g/mol. The monoisotopic (exact) mass is 449 g/mol. The molecule has 0 radical (unpaired) electrons. The van der Waals surface area contributed by atoms with Crippen LogP contribution >= 0.6 is 23.2 Å². The number of hydrogen-bond acceptors (Lipinski definition) is 2. The van der Waals surface area contributed by atoms with E-state index in [1.54, 1.807) is 18.2 Å². The third-order valence-electron chi connectivity index (χ3n) is 5.63. The lowest BCUT2D eigenvalue weighted by Gasteiger charge is -2.43. The zero-order valence-corrected chi connectivity index (χ0v) is 18.0. The van der Waals surface area contributed by atoms with E-state index in [1.165, 1.54) is 11.0 Å². The number of amides is 1. The van der Waals surface area contributed by atoms with E-state index in [1.807, 2.05) is 13.8 Å². The van der Waals surface area contributed by atoms with E-state index in [-0.39, 0.29) is 23.8 Å². The van der Waals surface area contributed by atoms with E-state index in [9.17, 15) is 18.4 Å². The van der Waals surface area contributed by atoms with Crippen molar-refractivity contribution in [2.75, 3.05) is 4.90 Å². The number of benzene rings is 2. The van der Waals surface area contributed by atoms with E-state index >= 15 is 0 Å². The van der Waals surface area contributed by atoms with Gasteiger partial charge in [0.25, 0.3) is 0 Å². The fraction of sp³-hybridized carbons (Fsp3) is 0.304. The average molecular weight is 450 g/mol. The number of anilines is 1. The van der Waals surface area contributed by atoms with Gasteiger partial charge in [-0.15, -0.1) is 0 Å². The maximum atomic E-state index is 14.6. The molecule has 0 aromatic heterocycles. The normalized spacial score (nSPS) is 21.1. The fourth-order valence-corrected chi connectivity index (χ4v) is 4.95. The van der Waals surface area contributed by atoms with Crippen LogP contribution in [-0.2, 0) is 9.59 Å². The summed E-state index contributed by atoms with van der Waals surface area (Å²) < 4.78 is 28.1. The Morgan fingerprint density at radius 1 is 1.03 bits per heavy atom. The Balaban J connectivity index is 1.93. The summed E-state index contributed by atoms with van der Waals surface area (Å²) in [5.74, 6) is -2.60. The molecular formula is C23H19Cl2F2NO2. The van der Waals surface area contributed by atoms with E-state index in [4.69, 9.17) is 23.2 Å². The number of Topliss-reactive ketones (excluding diaryl/α,β-unsaturated/α-hetero) is 1. The first-order valence-corrected chi connectivity index (χ1v) is 10.3. The van der Waals surface area contributed by atoms with Gasteiger partial charge >= 0.3 is 0 Å². The first-order valence-electron chi connectivity index (χ1n) is 9.56. The molecule has 1 aliphatic carbocycles. The van der Waals surface area contributed by atoms with Crippen molar-refractivity contribution in [2.24, 2.45) is 5.41 Å². The predicted molar refractivity (Wildman–Crippen MR) is 113 cm³/mol. The molecule has 0 saturated heterocycles. The molecule has 1 amide bonds. The van der Waals surface area contributed by atoms with E-state index in [0.29, 0.717) is 39.7 Å². The van der Waals surface area contributed by atoms with E-state index in [2.05, 4.69) is 0 Å². The highest BCUT2D eigenvalue weighted by atomic mass is 35.5. The van der Waals surface area contributed by atoms with Crippen LogP contribution in [-0.4, -0.2) is 11.7 Å². The second kappa shape index (κ2) is 7.47. The van der Waals surface area contributed by atoms with Gasteiger partial charge in [-0.25, -0.2) is 8.78 Å². The number of ketones is 1. The van der Waals surface area contributed by atoms with Crippen molar-refractivity contribution in [3.8, 4) is 0 Å². The molecule has 1 heterocycles. The Hall–Kier alpha value is -2.24. The maximum Gasteiger partial charge on any atom is 0.232 e. The van der Waals surface area contributed by atoms with Crippen LogP contribution in [0.4, 0.5) is 14.5 Å². The SMILES string of the molecule is CC1(C)CC(=O)C2=C(C1)N(c1ccc(F)cc1F)C(=O)C[C@@H]2c1ccc(Cl)cc1Cl. The summed E-state index contributed by atoms with van der Waals surface area (Å²) in [7, 11) is 0. The molecule has 7 heteroatoms. The van der Waals surface area contributed by atoms with Crippen molar-refractivity contribution in [3.63, 3.8) is 0 Å². The number of carbonyl (C=O) groups excluding carboxylic acids is 2. The Bertz CT molecular complexity index is 1110. The van der Waals surface area contributed by atoms with Crippen molar-refractivity contribution in [1.82, 2.24) is 0 Å². The molecule has 0 saturated carbocycles. The third kappa shape index (κ3) is 3.65. The molecule has 0 fully saturated rings. The molecule has 1 aliphatic heterocycles. The summed E-state index contributed by atoms with van der Waals surface area (Å²) in [6.45, 7) is 3.86. The smallest absolute Gasteiger partial charge is 0.232 e. The molecule has 156 valence electrons. The number of nitrogens with zero attached hydrogens (tertiary/aromatic N) is 1. The summed E-state index contributed by atoms with van der Waals surface area (Å²) in [4.78, 5) is 27.7. The van der Waals surface area contributed by atoms with Crippen LogP contribution in [0.1, 0.15) is 44.6 Å². The zero-order valence-electron chi connectivity index (χ0n) is 16.4. The van der Waals surface area contributed by atoms with Crippen LogP contribution in [0.25, 0.3) is 0 Å². The van der Waals surface area contributed by atoms with Gasteiger partial charge in [0.2, 0.25) is 5.91 Å². The van der Waals surface area contributed by atoms with Crippen LogP contribution in [0.15, 0.2) is 47.7 Å². The van der Waals surface area contributed by atoms with Crippen LogP contribution in [0.3, 0.4) is 0 Å². The fourth-order valence-electron chi connectivity index (χ4n) is 4.41. The highest BCUT2D eigenvalue weighted by Crippen LogP contribution is 2.49. The molecule has 2 aromatic carbocycles. The average Bonchev–Trinajstić information content (AvgIpc) is 2.61. The number of halogens is 4. The quantitative estimate of drug-likeness (QED) is 0.529. The minimum absolute atomic E-state index is 0.0524. The third-order valence-corrected chi connectivity index (χ3v) is 6.19. The van der Waals surface area contributed by atoms with E-state index in [0.717, 1.165) is 12.1 Å². The molecule has 2 aliphatic rings. The Morgan fingerprint density at radius 2 is 1.77 bits per heavy atom. The Morgan fingerprint density at radius 3 is 2.43 bits per heavy atom. The maximum absolute atomic E-state index is 14.6. The Kier molecular flexibility index (Phi) is 5.23. The lowest BCUT2D eigenvalue weighted by molar-refractivity contribution is -0.121. The standard InChI is InChI=1S/C23H19Cl2F2NO2/c1-23(2)10-19-22(20(29)11-23)15(14-5-3-12(24)7-16(14)25)9-21(30)28(19)18-6-4-13(26)8-17(18)27/h3-8,15H,9-11H2,1-2H3/t15-/m1/s1. The lowest BCUT2D eigenvalue weighted by Crippen LogP contribution is -2.44. The van der Waals surface area contributed by atoms with Crippen molar-refractivity contribution in [1.29, 1.82) is 0 Å². The highest BCUT2D eigenvalue weighted by molar-refractivity contribution is 6.35. The van der Waals surface area contributed by atoms with Crippen molar-refractivity contribution < 1.29 is 18.4 Å². The first kappa shape index (κ1) is 21.0. The largest absolute Gasteiger partial charge is 0.294 e. The van der Waals surface area contributed by atoms with Gasteiger partial charge in [0.15, 0.2) is 5.78 Å². The van der Waals surface area contributed by atoms with E-state index < -0.39 is 23.0 Å². The van der Waals surface area contributed by atoms with Crippen molar-refractivity contribution in [3.05, 3.63) is 74.9 Å². The van der Waals surface area contributed by atoms with Crippen molar-refractivity contribution >= 4 is 40.6 Å². The van der Waals surface area contributed by atoms with Crippen LogP contribution in [0.2, 0.25) is 10.0 Å². The summed E-state index contributed by atoms with van der Waals surface area (Å²) in [5.41, 5.74) is 1.08. The first-order chi connectivity index (χ1) is 14.1. The summed E-state index contributed by atoms with van der Waals surface area (Å²) >= 11 is 12.4. The van der Waals surface area contributed by atoms with Gasteiger partial charge in [0.1, 0.15) is 11.6 Å². The Labute approximate surface area is 183 Å². The van der Waals surface area contributed by atoms with Gasteiger partial charge in [-0.05, 0) is 41.7 Å². The summed E-state index contributed by atoms with van der Waals surface area (Å²) in [6.07, 6.45) is 0.656. The van der Waals surface area contributed by atoms with Gasteiger partial charge in [0.05, 0.1) is 5.69 Å². The van der Waals surface area contributed by atoms with Gasteiger partial charge < -0.3 is 0 Å². The second-order valence-corrected chi connectivity index (χ2v) is 9.39. The number of carbonyl (C=O) groups is 2. The van der Waals surface area contributed by atoms with Gasteiger partial charge in [-0.1, -0.05) is 43.1 Å². The van der Waals surface area contributed by atoms with Crippen LogP contribution in [0, 0.1) is 17.0 Å². The molecule has 0 bridgehead atoms. The number of hydrogen-bond donors (Lipinski definition) is 0. The lowest BCUT2D eigenvalue weighted by atomic mass is 9.69. The topological polar surface area (TPSA) is 37.4 Å². The highest BCUT2D eigenvalue weighted by Gasteiger charge is 2.45. The van der Waals surface area contributed by atoms with Gasteiger partial charge in [-0.3, -0.25) is 14.5 Å². The minimum Gasteiger partial charge on any atom is -0.294 e. The molecule has 30 heavy (non-hydrogen) atoms. The second-order valence-electron chi connectivity index (χ2n) is 8.55. The molecule has 0 N–H and O–H groups in total. The molecule has 3 nitrogen and oxygen atoms in total. The number of rotatable bonds is 2. The van der Waals surface area contributed by atoms with Crippen LogP contribution in [0.5, 0.6) is 0 Å². The molecule has 0 unspecified atom stereocenters. The molecule has 0 spiro atoms. The predicted octanol–water partition coefficient (Wildman–Crippen LogP) is 6.44. The molecule has 1 atom stereocenters. The minimum atomic E-state index is -0.853. The molecule has 2 aromatic rings. The zero-order chi connectivity index (χ0) is 21.8. The molecule has 4 rings (SSSR count). The van der Waals surface area contributed by atoms with Crippen molar-refractivity contribution in [2.45, 2.75) is 39.0 Å². The van der Waals surface area contributed by atoms with Gasteiger partial charge in [-0.2, -0.15) is 0 Å². The van der Waals surface area contributed by atoms with Crippen LogP contribution < -0.4 is 4.90 Å². The number of allylic oxidation sites excluding steroid dienone is 2. The summed E-state index contributed by atoms with van der Waals surface area (Å²) in [6, 6.07) is 8.02. The van der Waals surface area contributed by atoms with Gasteiger partial charge in [0, 0.05) is 46.1 Å².